The molecule has 0 unspecified atom stereocenters. The Morgan fingerprint density at radius 3 is 2.43 bits per heavy atom. The van der Waals surface area contributed by atoms with Gasteiger partial charge in [-0.05, 0) is 44.9 Å². The second-order valence-electron chi connectivity index (χ2n) is 5.50. The summed E-state index contributed by atoms with van der Waals surface area (Å²) in [6.45, 7) is 5.05. The maximum Gasteiger partial charge on any atom is 0.339 e. The maximum absolute atomic E-state index is 12.1. The Labute approximate surface area is 127 Å². The lowest BCUT2D eigenvalue weighted by Crippen LogP contribution is -2.36. The van der Waals surface area contributed by atoms with Gasteiger partial charge >= 0.3 is 11.9 Å². The average Bonchev–Trinajstić information content (AvgIpc) is 2.34. The van der Waals surface area contributed by atoms with Gasteiger partial charge in [0.1, 0.15) is 11.4 Å². The third-order valence-corrected chi connectivity index (χ3v) is 2.90. The van der Waals surface area contributed by atoms with Crippen LogP contribution in [-0.2, 0) is 25.6 Å². The largest absolute Gasteiger partial charge is 0.508 e. The molecule has 0 aromatic heterocycles. The normalized spacial score (nSPS) is 12.6. The van der Waals surface area contributed by atoms with E-state index in [-0.39, 0.29) is 17.2 Å². The van der Waals surface area contributed by atoms with Gasteiger partial charge in [0.25, 0.3) is 0 Å². The van der Waals surface area contributed by atoms with Gasteiger partial charge in [0.05, 0.1) is 0 Å². The standard InChI is InChI=1S/C14H18ClNO5/c1-14(2,3)20-12(18)10(13(19)21-16)6-8-4-5-9(17)7-11(8)15/h4-5,7,10,17H,6,16H2,1-3H3/t10-/m0/s1. The molecule has 0 spiro atoms. The molecule has 1 aromatic carbocycles. The Morgan fingerprint density at radius 1 is 1.33 bits per heavy atom. The van der Waals surface area contributed by atoms with Crippen LogP contribution >= 0.6 is 11.6 Å². The molecule has 0 heterocycles. The first-order chi connectivity index (χ1) is 9.64. The molecule has 0 amide bonds. The van der Waals surface area contributed by atoms with E-state index in [0.717, 1.165) is 0 Å². The highest BCUT2D eigenvalue weighted by Crippen LogP contribution is 2.25. The predicted molar refractivity (Wildman–Crippen MR) is 76.4 cm³/mol. The molecule has 6 nitrogen and oxygen atoms in total. The molecular formula is C14H18ClNO5. The first-order valence-corrected chi connectivity index (χ1v) is 6.62. The van der Waals surface area contributed by atoms with Crippen LogP contribution < -0.4 is 5.90 Å². The number of hydrogen-bond acceptors (Lipinski definition) is 6. The summed E-state index contributed by atoms with van der Waals surface area (Å²) in [5.41, 5.74) is -0.251. The van der Waals surface area contributed by atoms with Crippen molar-refractivity contribution in [2.75, 3.05) is 0 Å². The third kappa shape index (κ3) is 5.24. The monoisotopic (exact) mass is 315 g/mol. The molecule has 3 N–H and O–H groups in total. The van der Waals surface area contributed by atoms with Crippen molar-refractivity contribution in [3.8, 4) is 5.75 Å². The van der Waals surface area contributed by atoms with E-state index < -0.39 is 23.5 Å². The minimum atomic E-state index is -1.23. The average molecular weight is 316 g/mol. The van der Waals surface area contributed by atoms with Crippen molar-refractivity contribution in [3.05, 3.63) is 28.8 Å². The number of phenols is 1. The van der Waals surface area contributed by atoms with Crippen molar-refractivity contribution in [3.63, 3.8) is 0 Å². The molecule has 1 atom stereocenters. The maximum atomic E-state index is 12.1. The molecule has 21 heavy (non-hydrogen) atoms. The number of carbonyl (C=O) groups is 2. The molecule has 116 valence electrons. The van der Waals surface area contributed by atoms with E-state index in [9.17, 15) is 14.7 Å². The van der Waals surface area contributed by atoms with E-state index in [1.807, 2.05) is 0 Å². The summed E-state index contributed by atoms with van der Waals surface area (Å²) in [6.07, 6.45) is -0.0376. The molecular weight excluding hydrogens is 298 g/mol. The van der Waals surface area contributed by atoms with Gasteiger partial charge in [-0.25, -0.2) is 4.79 Å². The molecule has 0 radical (unpaired) electrons. The summed E-state index contributed by atoms with van der Waals surface area (Å²) in [4.78, 5) is 27.9. The third-order valence-electron chi connectivity index (χ3n) is 2.55. The van der Waals surface area contributed by atoms with E-state index in [0.29, 0.717) is 5.56 Å². The van der Waals surface area contributed by atoms with Crippen molar-refractivity contribution in [1.82, 2.24) is 0 Å². The fourth-order valence-electron chi connectivity index (χ4n) is 1.64. The number of aromatic hydroxyl groups is 1. The molecule has 0 saturated heterocycles. The lowest BCUT2D eigenvalue weighted by molar-refractivity contribution is -0.169. The summed E-state index contributed by atoms with van der Waals surface area (Å²) in [7, 11) is 0. The van der Waals surface area contributed by atoms with Crippen LogP contribution in [0.4, 0.5) is 0 Å². The lowest BCUT2D eigenvalue weighted by atomic mass is 9.99. The Balaban J connectivity index is 2.98. The second-order valence-corrected chi connectivity index (χ2v) is 5.91. The Hall–Kier alpha value is -1.79. The summed E-state index contributed by atoms with van der Waals surface area (Å²) in [6, 6.07) is 4.23. The number of benzene rings is 1. The highest BCUT2D eigenvalue weighted by Gasteiger charge is 2.33. The molecule has 0 aliphatic rings. The molecule has 0 aliphatic carbocycles. The van der Waals surface area contributed by atoms with Crippen molar-refractivity contribution < 1.29 is 24.3 Å². The zero-order valence-corrected chi connectivity index (χ0v) is 12.8. The first kappa shape index (κ1) is 17.3. The highest BCUT2D eigenvalue weighted by atomic mass is 35.5. The van der Waals surface area contributed by atoms with Crippen molar-refractivity contribution in [1.29, 1.82) is 0 Å². The summed E-state index contributed by atoms with van der Waals surface area (Å²) in [5.74, 6) is 1.96. The fourth-order valence-corrected chi connectivity index (χ4v) is 1.89. The van der Waals surface area contributed by atoms with Gasteiger partial charge in [-0.1, -0.05) is 17.7 Å². The van der Waals surface area contributed by atoms with E-state index in [1.54, 1.807) is 20.8 Å². The Bertz CT molecular complexity index is 539. The zero-order valence-electron chi connectivity index (χ0n) is 12.1. The van der Waals surface area contributed by atoms with Crippen LogP contribution in [0, 0.1) is 5.92 Å². The number of ether oxygens (including phenoxy) is 1. The van der Waals surface area contributed by atoms with Gasteiger partial charge in [-0.3, -0.25) is 4.79 Å². The fraction of sp³-hybridized carbons (Fsp3) is 0.429. The van der Waals surface area contributed by atoms with Crippen LogP contribution in [0.25, 0.3) is 0 Å². The van der Waals surface area contributed by atoms with Gasteiger partial charge in [0.15, 0.2) is 5.92 Å². The van der Waals surface area contributed by atoms with Crippen LogP contribution in [0.15, 0.2) is 18.2 Å². The molecule has 1 rings (SSSR count). The summed E-state index contributed by atoms with van der Waals surface area (Å²) < 4.78 is 5.17. The molecule has 1 aromatic rings. The topological polar surface area (TPSA) is 98.8 Å². The lowest BCUT2D eigenvalue weighted by Gasteiger charge is -2.23. The van der Waals surface area contributed by atoms with Gasteiger partial charge in [0, 0.05) is 5.02 Å². The van der Waals surface area contributed by atoms with E-state index >= 15 is 0 Å². The smallest absolute Gasteiger partial charge is 0.339 e. The number of rotatable bonds is 4. The molecule has 0 aliphatic heterocycles. The van der Waals surface area contributed by atoms with E-state index in [4.69, 9.17) is 22.2 Å². The van der Waals surface area contributed by atoms with Gasteiger partial charge in [-0.15, -0.1) is 0 Å². The zero-order chi connectivity index (χ0) is 16.2. The minimum absolute atomic E-state index is 0.0148. The summed E-state index contributed by atoms with van der Waals surface area (Å²) in [5, 5.41) is 9.53. The van der Waals surface area contributed by atoms with Crippen LogP contribution in [-0.4, -0.2) is 22.6 Å². The first-order valence-electron chi connectivity index (χ1n) is 6.25. The second kappa shape index (κ2) is 6.78. The molecule has 0 bridgehead atoms. The van der Waals surface area contributed by atoms with Gasteiger partial charge < -0.3 is 14.7 Å². The number of carbonyl (C=O) groups excluding carboxylic acids is 2. The van der Waals surface area contributed by atoms with Crippen LogP contribution in [0.1, 0.15) is 26.3 Å². The Morgan fingerprint density at radius 2 is 1.95 bits per heavy atom. The number of phenolic OH excluding ortho intramolecular Hbond substituents is 1. The number of hydrogen-bond donors (Lipinski definition) is 2. The van der Waals surface area contributed by atoms with Crippen molar-refractivity contribution in [2.24, 2.45) is 11.8 Å². The number of nitrogens with two attached hydrogens (primary N) is 1. The SMILES string of the molecule is CC(C)(C)OC(=O)[C@H](Cc1ccc(O)cc1Cl)C(=O)ON. The highest BCUT2D eigenvalue weighted by molar-refractivity contribution is 6.31. The van der Waals surface area contributed by atoms with Gasteiger partial charge in [0.2, 0.25) is 0 Å². The minimum Gasteiger partial charge on any atom is -0.508 e. The van der Waals surface area contributed by atoms with E-state index in [2.05, 4.69) is 4.84 Å². The summed E-state index contributed by atoms with van der Waals surface area (Å²) >= 11 is 5.96. The van der Waals surface area contributed by atoms with Crippen LogP contribution in [0.3, 0.4) is 0 Å². The predicted octanol–water partition coefficient (Wildman–Crippen LogP) is 1.96. The molecule has 0 saturated carbocycles. The van der Waals surface area contributed by atoms with Crippen molar-refractivity contribution >= 4 is 23.5 Å². The van der Waals surface area contributed by atoms with Gasteiger partial charge in [-0.2, -0.15) is 5.90 Å². The quantitative estimate of drug-likeness (QED) is 0.500. The van der Waals surface area contributed by atoms with Crippen molar-refractivity contribution in [2.45, 2.75) is 32.8 Å². The number of halogens is 1. The Kier molecular flexibility index (Phi) is 5.57. The molecule has 7 heteroatoms. The molecule has 0 fully saturated rings. The van der Waals surface area contributed by atoms with Crippen LogP contribution in [0.2, 0.25) is 5.02 Å². The van der Waals surface area contributed by atoms with E-state index in [1.165, 1.54) is 18.2 Å². The van der Waals surface area contributed by atoms with Crippen LogP contribution in [0.5, 0.6) is 5.75 Å². The number of esters is 1.